The van der Waals surface area contributed by atoms with Gasteiger partial charge >= 0.3 is 0 Å². The molecule has 1 atom stereocenters. The molecule has 1 unspecified atom stereocenters. The Hall–Kier alpha value is -3.68. The van der Waals surface area contributed by atoms with Gasteiger partial charge in [0.1, 0.15) is 11.8 Å². The van der Waals surface area contributed by atoms with Crippen LogP contribution in [0.1, 0.15) is 39.9 Å². The van der Waals surface area contributed by atoms with E-state index in [0.29, 0.717) is 17.7 Å². The molecule has 0 aromatic heterocycles. The Bertz CT molecular complexity index is 1070. The summed E-state index contributed by atoms with van der Waals surface area (Å²) in [5.41, 5.74) is 3.94. The standard InChI is InChI=1S/C23H23N3O5/c1-13-4-3-5-14(2)21(13)24-20(28)12-31-16-6-7-17-15(10-16)11-26(23(17)30)18-8-9-19(27)25-22(18)29/h3-7,10,18H,8-9,11-12H2,1-2H3,(H,24,28)(H,25,27,29). The summed E-state index contributed by atoms with van der Waals surface area (Å²) in [6, 6.07) is 10.1. The third-order valence-electron chi connectivity index (χ3n) is 5.61. The van der Waals surface area contributed by atoms with Crippen LogP contribution in [-0.4, -0.2) is 41.2 Å². The van der Waals surface area contributed by atoms with Gasteiger partial charge in [-0.1, -0.05) is 18.2 Å². The molecule has 4 rings (SSSR count). The number of nitrogens with zero attached hydrogens (tertiary/aromatic N) is 1. The van der Waals surface area contributed by atoms with Crippen LogP contribution in [0.2, 0.25) is 0 Å². The Morgan fingerprint density at radius 2 is 1.90 bits per heavy atom. The molecule has 2 aliphatic heterocycles. The minimum Gasteiger partial charge on any atom is -0.484 e. The van der Waals surface area contributed by atoms with Crippen LogP contribution in [0.3, 0.4) is 0 Å². The average Bonchev–Trinajstić information content (AvgIpc) is 3.05. The lowest BCUT2D eigenvalue weighted by molar-refractivity contribution is -0.137. The minimum absolute atomic E-state index is 0.169. The topological polar surface area (TPSA) is 105 Å². The van der Waals surface area contributed by atoms with Crippen molar-refractivity contribution in [3.63, 3.8) is 0 Å². The highest BCUT2D eigenvalue weighted by Crippen LogP contribution is 2.30. The number of piperidine rings is 1. The van der Waals surface area contributed by atoms with Crippen LogP contribution in [0.25, 0.3) is 0 Å². The van der Waals surface area contributed by atoms with Crippen molar-refractivity contribution in [1.82, 2.24) is 10.2 Å². The highest BCUT2D eigenvalue weighted by atomic mass is 16.5. The third kappa shape index (κ3) is 4.14. The second-order valence-electron chi connectivity index (χ2n) is 7.82. The first-order chi connectivity index (χ1) is 14.8. The van der Waals surface area contributed by atoms with Crippen molar-refractivity contribution in [3.05, 3.63) is 58.7 Å². The normalized spacial score (nSPS) is 17.9. The summed E-state index contributed by atoms with van der Waals surface area (Å²) in [5, 5.41) is 5.15. The van der Waals surface area contributed by atoms with Gasteiger partial charge in [0.05, 0.1) is 0 Å². The van der Waals surface area contributed by atoms with Crippen LogP contribution in [0.4, 0.5) is 5.69 Å². The molecule has 0 bridgehead atoms. The lowest BCUT2D eigenvalue weighted by Crippen LogP contribution is -2.52. The molecule has 8 nitrogen and oxygen atoms in total. The molecule has 4 amide bonds. The fourth-order valence-corrected chi connectivity index (χ4v) is 3.98. The van der Waals surface area contributed by atoms with Crippen LogP contribution in [-0.2, 0) is 20.9 Å². The van der Waals surface area contributed by atoms with Crippen molar-refractivity contribution in [2.24, 2.45) is 0 Å². The molecule has 2 aromatic rings. The van der Waals surface area contributed by atoms with Gasteiger partial charge in [-0.3, -0.25) is 24.5 Å². The number of benzene rings is 2. The molecule has 2 aromatic carbocycles. The van der Waals surface area contributed by atoms with Gasteiger partial charge in [0, 0.05) is 24.2 Å². The number of para-hydroxylation sites is 1. The first-order valence-corrected chi connectivity index (χ1v) is 10.1. The number of amides is 4. The molecule has 2 aliphatic rings. The second-order valence-corrected chi connectivity index (χ2v) is 7.82. The summed E-state index contributed by atoms with van der Waals surface area (Å²) in [7, 11) is 0. The van der Waals surface area contributed by atoms with Crippen molar-refractivity contribution in [3.8, 4) is 5.75 Å². The zero-order valence-corrected chi connectivity index (χ0v) is 17.4. The number of carbonyl (C=O) groups excluding carboxylic acids is 4. The number of rotatable bonds is 5. The van der Waals surface area contributed by atoms with Crippen LogP contribution < -0.4 is 15.4 Å². The van der Waals surface area contributed by atoms with Crippen LogP contribution in [0.5, 0.6) is 5.75 Å². The molecule has 0 aliphatic carbocycles. The van der Waals surface area contributed by atoms with Gasteiger partial charge in [-0.15, -0.1) is 0 Å². The molecular formula is C23H23N3O5. The predicted octanol–water partition coefficient (Wildman–Crippen LogP) is 2.08. The van der Waals surface area contributed by atoms with Crippen molar-refractivity contribution in [1.29, 1.82) is 0 Å². The Balaban J connectivity index is 1.40. The smallest absolute Gasteiger partial charge is 0.262 e. The van der Waals surface area contributed by atoms with Gasteiger partial charge in [0.15, 0.2) is 6.61 Å². The Labute approximate surface area is 179 Å². The fourth-order valence-electron chi connectivity index (χ4n) is 3.98. The van der Waals surface area contributed by atoms with E-state index in [4.69, 9.17) is 4.74 Å². The van der Waals surface area contributed by atoms with Gasteiger partial charge in [-0.05, 0) is 55.2 Å². The van der Waals surface area contributed by atoms with E-state index in [0.717, 1.165) is 22.4 Å². The quantitative estimate of drug-likeness (QED) is 0.720. The van der Waals surface area contributed by atoms with Crippen LogP contribution in [0.15, 0.2) is 36.4 Å². The number of aryl methyl sites for hydroxylation is 2. The largest absolute Gasteiger partial charge is 0.484 e. The predicted molar refractivity (Wildman–Crippen MR) is 113 cm³/mol. The Morgan fingerprint density at radius 1 is 1.16 bits per heavy atom. The Morgan fingerprint density at radius 3 is 2.61 bits per heavy atom. The lowest BCUT2D eigenvalue weighted by Gasteiger charge is -2.29. The second kappa shape index (κ2) is 8.22. The molecule has 160 valence electrons. The first kappa shape index (κ1) is 20.6. The first-order valence-electron chi connectivity index (χ1n) is 10.1. The monoisotopic (exact) mass is 421 g/mol. The number of fused-ring (bicyclic) bond motifs is 1. The molecule has 1 fully saturated rings. The molecule has 8 heteroatoms. The number of ether oxygens (including phenoxy) is 1. The summed E-state index contributed by atoms with van der Waals surface area (Å²) in [6.07, 6.45) is 0.520. The maximum Gasteiger partial charge on any atom is 0.262 e. The molecule has 2 N–H and O–H groups in total. The number of imide groups is 1. The lowest BCUT2D eigenvalue weighted by atomic mass is 10.0. The summed E-state index contributed by atoms with van der Waals surface area (Å²) in [6.45, 7) is 3.94. The Kier molecular flexibility index (Phi) is 5.46. The van der Waals surface area contributed by atoms with Crippen molar-refractivity contribution >= 4 is 29.3 Å². The van der Waals surface area contributed by atoms with E-state index >= 15 is 0 Å². The molecule has 1 saturated heterocycles. The number of hydrogen-bond acceptors (Lipinski definition) is 5. The van der Waals surface area contributed by atoms with E-state index in [1.165, 1.54) is 4.90 Å². The minimum atomic E-state index is -0.662. The van der Waals surface area contributed by atoms with Crippen LogP contribution in [0, 0.1) is 13.8 Å². The van der Waals surface area contributed by atoms with E-state index in [1.807, 2.05) is 32.0 Å². The molecule has 2 heterocycles. The zero-order valence-electron chi connectivity index (χ0n) is 17.4. The average molecular weight is 421 g/mol. The molecule has 0 spiro atoms. The van der Waals surface area contributed by atoms with Crippen molar-refractivity contribution < 1.29 is 23.9 Å². The molecule has 0 radical (unpaired) electrons. The summed E-state index contributed by atoms with van der Waals surface area (Å²) >= 11 is 0. The summed E-state index contributed by atoms with van der Waals surface area (Å²) in [4.78, 5) is 50.0. The van der Waals surface area contributed by atoms with Crippen LogP contribution >= 0.6 is 0 Å². The summed E-state index contributed by atoms with van der Waals surface area (Å²) < 4.78 is 5.63. The van der Waals surface area contributed by atoms with Gasteiger partial charge in [-0.2, -0.15) is 0 Å². The van der Waals surface area contributed by atoms with Gasteiger partial charge < -0.3 is 15.0 Å². The van der Waals surface area contributed by atoms with E-state index in [-0.39, 0.29) is 37.3 Å². The SMILES string of the molecule is Cc1cccc(C)c1NC(=O)COc1ccc2c(c1)CN(C1CCC(=O)NC1=O)C2=O. The maximum atomic E-state index is 12.7. The highest BCUT2D eigenvalue weighted by molar-refractivity contribution is 6.05. The summed E-state index contributed by atoms with van der Waals surface area (Å²) in [5.74, 6) is -0.825. The third-order valence-corrected chi connectivity index (χ3v) is 5.61. The number of nitrogens with one attached hydrogen (secondary N) is 2. The molecular weight excluding hydrogens is 398 g/mol. The van der Waals surface area contributed by atoms with E-state index in [1.54, 1.807) is 18.2 Å². The number of hydrogen-bond donors (Lipinski definition) is 2. The van der Waals surface area contributed by atoms with Crippen molar-refractivity contribution in [2.45, 2.75) is 39.3 Å². The van der Waals surface area contributed by atoms with Crippen molar-refractivity contribution in [2.75, 3.05) is 11.9 Å². The molecule has 0 saturated carbocycles. The zero-order chi connectivity index (χ0) is 22.1. The van der Waals surface area contributed by atoms with E-state index in [2.05, 4.69) is 10.6 Å². The number of carbonyl (C=O) groups is 4. The fraction of sp³-hybridized carbons (Fsp3) is 0.304. The van der Waals surface area contributed by atoms with Gasteiger partial charge in [0.25, 0.3) is 11.8 Å². The maximum absolute atomic E-state index is 12.7. The van der Waals surface area contributed by atoms with E-state index in [9.17, 15) is 19.2 Å². The van der Waals surface area contributed by atoms with Gasteiger partial charge in [-0.25, -0.2) is 0 Å². The molecule has 31 heavy (non-hydrogen) atoms. The highest BCUT2D eigenvalue weighted by Gasteiger charge is 2.39. The van der Waals surface area contributed by atoms with E-state index < -0.39 is 11.9 Å². The number of anilines is 1. The van der Waals surface area contributed by atoms with Gasteiger partial charge in [0.2, 0.25) is 11.8 Å².